The number of hydrogen-bond acceptors (Lipinski definition) is 6. The van der Waals surface area contributed by atoms with Crippen LogP contribution in [0.1, 0.15) is 33.9 Å². The van der Waals surface area contributed by atoms with Crippen molar-refractivity contribution in [2.24, 2.45) is 0 Å². The van der Waals surface area contributed by atoms with Gasteiger partial charge in [0.05, 0.1) is 32.7 Å². The van der Waals surface area contributed by atoms with Crippen molar-refractivity contribution in [3.8, 4) is 28.7 Å². The molecule has 0 amide bonds. The van der Waals surface area contributed by atoms with Crippen molar-refractivity contribution in [1.29, 1.82) is 0 Å². The molecule has 0 radical (unpaired) electrons. The van der Waals surface area contributed by atoms with E-state index in [1.54, 1.807) is 25.3 Å². The van der Waals surface area contributed by atoms with Gasteiger partial charge in [-0.1, -0.05) is 0 Å². The van der Waals surface area contributed by atoms with Crippen LogP contribution in [0.25, 0.3) is 0 Å². The highest BCUT2D eigenvalue weighted by Crippen LogP contribution is 2.48. The number of nitrogens with one attached hydrogen (secondary N) is 1. The van der Waals surface area contributed by atoms with Gasteiger partial charge in [-0.05, 0) is 29.8 Å². The second-order valence-electron chi connectivity index (χ2n) is 7.31. The van der Waals surface area contributed by atoms with Gasteiger partial charge in [-0.2, -0.15) is 0 Å². The van der Waals surface area contributed by atoms with Crippen LogP contribution in [0.15, 0.2) is 24.3 Å². The van der Waals surface area contributed by atoms with Crippen molar-refractivity contribution in [2.45, 2.75) is 18.9 Å². The van der Waals surface area contributed by atoms with E-state index >= 15 is 0 Å². The SMILES string of the molecule is COc1c2c(cc3c1[C@@H](CC(=O)c1ccc4c(c1)OCO4)[NH+](C)CC3)OCO2. The number of carbonyl (C=O) groups is 1. The summed E-state index contributed by atoms with van der Waals surface area (Å²) in [6.45, 7) is 1.33. The molecule has 2 aromatic carbocycles. The highest BCUT2D eigenvalue weighted by atomic mass is 16.7. The van der Waals surface area contributed by atoms with E-state index in [0.29, 0.717) is 35.0 Å². The summed E-state index contributed by atoms with van der Waals surface area (Å²) in [5.74, 6) is 3.41. The van der Waals surface area contributed by atoms with Crippen molar-refractivity contribution in [1.82, 2.24) is 0 Å². The smallest absolute Gasteiger partial charge is 0.231 e. The van der Waals surface area contributed by atoms with Gasteiger partial charge >= 0.3 is 0 Å². The third kappa shape index (κ3) is 2.65. The number of rotatable bonds is 4. The zero-order valence-electron chi connectivity index (χ0n) is 15.9. The standard InChI is InChI=1S/C21H21NO6/c1-22-6-5-13-8-18-20(28-11-27-18)21(24-2)19(13)14(22)9-15(23)12-3-4-16-17(7-12)26-10-25-16/h3-4,7-8,14H,5-6,9-11H2,1-2H3/p+1/t14-/m1/s1. The molecule has 7 nitrogen and oxygen atoms in total. The normalized spacial score (nSPS) is 21.4. The minimum absolute atomic E-state index is 0.0221. The molecule has 0 aliphatic carbocycles. The molecule has 0 fully saturated rings. The summed E-state index contributed by atoms with van der Waals surface area (Å²) >= 11 is 0. The van der Waals surface area contributed by atoms with E-state index < -0.39 is 0 Å². The molecule has 0 spiro atoms. The number of fused-ring (bicyclic) bond motifs is 3. The van der Waals surface area contributed by atoms with Crippen LogP contribution in [0.5, 0.6) is 28.7 Å². The van der Waals surface area contributed by atoms with Crippen molar-refractivity contribution in [3.63, 3.8) is 0 Å². The van der Waals surface area contributed by atoms with Crippen molar-refractivity contribution < 1.29 is 33.4 Å². The quantitative estimate of drug-likeness (QED) is 0.807. The third-order valence-electron chi connectivity index (χ3n) is 5.76. The van der Waals surface area contributed by atoms with E-state index in [4.69, 9.17) is 23.7 Å². The van der Waals surface area contributed by atoms with Crippen LogP contribution >= 0.6 is 0 Å². The number of hydrogen-bond donors (Lipinski definition) is 1. The average Bonchev–Trinajstić information content (AvgIpc) is 3.36. The highest BCUT2D eigenvalue weighted by Gasteiger charge is 2.37. The van der Waals surface area contributed by atoms with Crippen LogP contribution < -0.4 is 28.6 Å². The largest absolute Gasteiger partial charge is 0.492 e. The zero-order chi connectivity index (χ0) is 19.3. The number of methoxy groups -OCH3 is 1. The first-order chi connectivity index (χ1) is 13.7. The maximum atomic E-state index is 13.1. The van der Waals surface area contributed by atoms with Crippen LogP contribution in [0.3, 0.4) is 0 Å². The van der Waals surface area contributed by atoms with Crippen LogP contribution in [-0.2, 0) is 6.42 Å². The van der Waals surface area contributed by atoms with Gasteiger partial charge in [0.15, 0.2) is 28.8 Å². The summed E-state index contributed by atoms with van der Waals surface area (Å²) in [6, 6.07) is 7.36. The Bertz CT molecular complexity index is 956. The molecule has 146 valence electrons. The molecular formula is C21H22NO6+. The Hall–Kier alpha value is -2.93. The lowest BCUT2D eigenvalue weighted by molar-refractivity contribution is -0.913. The van der Waals surface area contributed by atoms with E-state index in [1.165, 1.54) is 4.90 Å². The maximum absolute atomic E-state index is 13.1. The number of quaternary nitrogens is 1. The topological polar surface area (TPSA) is 67.7 Å². The Kier molecular flexibility index (Phi) is 4.05. The minimum Gasteiger partial charge on any atom is -0.492 e. The van der Waals surface area contributed by atoms with Gasteiger partial charge in [0.2, 0.25) is 19.3 Å². The Morgan fingerprint density at radius 1 is 1.11 bits per heavy atom. The van der Waals surface area contributed by atoms with E-state index in [2.05, 4.69) is 7.05 Å². The molecule has 3 aliphatic rings. The fourth-order valence-electron chi connectivity index (χ4n) is 4.27. The lowest BCUT2D eigenvalue weighted by Gasteiger charge is -2.32. The molecule has 0 bridgehead atoms. The maximum Gasteiger partial charge on any atom is 0.231 e. The molecule has 2 atom stereocenters. The number of Topliss-reactive ketones (excluding diaryl/α,β-unsaturated/α-hetero) is 1. The van der Waals surface area contributed by atoms with Gasteiger partial charge in [-0.15, -0.1) is 0 Å². The second kappa shape index (κ2) is 6.60. The number of carbonyl (C=O) groups excluding carboxylic acids is 1. The van der Waals surface area contributed by atoms with Gasteiger partial charge in [-0.3, -0.25) is 4.79 Å². The molecule has 28 heavy (non-hydrogen) atoms. The summed E-state index contributed by atoms with van der Waals surface area (Å²) in [7, 11) is 3.75. The van der Waals surface area contributed by atoms with Gasteiger partial charge in [-0.25, -0.2) is 0 Å². The third-order valence-corrected chi connectivity index (χ3v) is 5.76. The molecule has 2 aromatic rings. The van der Waals surface area contributed by atoms with E-state index in [9.17, 15) is 4.79 Å². The minimum atomic E-state index is -0.0221. The van der Waals surface area contributed by atoms with Gasteiger partial charge in [0.25, 0.3) is 0 Å². The fourth-order valence-corrected chi connectivity index (χ4v) is 4.27. The summed E-state index contributed by atoms with van der Waals surface area (Å²) < 4.78 is 27.7. The van der Waals surface area contributed by atoms with Gasteiger partial charge in [0.1, 0.15) is 6.04 Å². The molecule has 5 rings (SSSR count). The highest BCUT2D eigenvalue weighted by molar-refractivity contribution is 5.97. The van der Waals surface area contributed by atoms with Gasteiger partial charge in [0, 0.05) is 12.0 Å². The molecule has 7 heteroatoms. The molecule has 0 aromatic heterocycles. The van der Waals surface area contributed by atoms with Crippen LogP contribution in [0, 0.1) is 0 Å². The Balaban J connectivity index is 1.50. The first kappa shape index (κ1) is 17.2. The van der Waals surface area contributed by atoms with Gasteiger partial charge < -0.3 is 28.6 Å². The number of likely N-dealkylation sites (N-methyl/N-ethyl adjacent to an activating group) is 1. The van der Waals surface area contributed by atoms with Crippen LogP contribution in [-0.4, -0.2) is 40.1 Å². The van der Waals surface area contributed by atoms with Crippen LogP contribution in [0.2, 0.25) is 0 Å². The molecule has 0 saturated heterocycles. The monoisotopic (exact) mass is 384 g/mol. The summed E-state index contributed by atoms with van der Waals surface area (Å²) in [6.07, 6.45) is 1.28. The Labute approximate surface area is 162 Å². The predicted octanol–water partition coefficient (Wildman–Crippen LogP) is 1.54. The predicted molar refractivity (Wildman–Crippen MR) is 98.8 cm³/mol. The van der Waals surface area contributed by atoms with Crippen LogP contribution in [0.4, 0.5) is 0 Å². The lowest BCUT2D eigenvalue weighted by Crippen LogP contribution is -3.10. The fraction of sp³-hybridized carbons (Fsp3) is 0.381. The molecule has 0 saturated carbocycles. The van der Waals surface area contributed by atoms with E-state index in [1.807, 2.05) is 6.07 Å². The van der Waals surface area contributed by atoms with E-state index in [-0.39, 0.29) is 25.4 Å². The van der Waals surface area contributed by atoms with Crippen molar-refractivity contribution in [2.75, 3.05) is 34.3 Å². The Morgan fingerprint density at radius 2 is 1.89 bits per heavy atom. The summed E-state index contributed by atoms with van der Waals surface area (Å²) in [5.41, 5.74) is 2.84. The Morgan fingerprint density at radius 3 is 2.75 bits per heavy atom. The van der Waals surface area contributed by atoms with Crippen molar-refractivity contribution in [3.05, 3.63) is 41.0 Å². The zero-order valence-corrected chi connectivity index (χ0v) is 15.9. The molecule has 1 N–H and O–H groups in total. The second-order valence-corrected chi connectivity index (χ2v) is 7.31. The molecule has 3 aliphatic heterocycles. The average molecular weight is 384 g/mol. The first-order valence-corrected chi connectivity index (χ1v) is 9.40. The number of benzene rings is 2. The summed E-state index contributed by atoms with van der Waals surface area (Å²) in [4.78, 5) is 14.4. The summed E-state index contributed by atoms with van der Waals surface area (Å²) in [5, 5.41) is 0. The molecule has 1 unspecified atom stereocenters. The number of ether oxygens (including phenoxy) is 5. The molecular weight excluding hydrogens is 362 g/mol. The lowest BCUT2D eigenvalue weighted by atomic mass is 9.87. The van der Waals surface area contributed by atoms with E-state index in [0.717, 1.165) is 29.8 Å². The number of ketones is 1. The first-order valence-electron chi connectivity index (χ1n) is 9.40. The van der Waals surface area contributed by atoms with Crippen molar-refractivity contribution >= 4 is 5.78 Å². The molecule has 3 heterocycles.